The number of morpholine rings is 1. The van der Waals surface area contributed by atoms with E-state index in [2.05, 4.69) is 15.0 Å². The van der Waals surface area contributed by atoms with Gasteiger partial charge in [-0.05, 0) is 35.4 Å². The second-order valence-corrected chi connectivity index (χ2v) is 6.56. The lowest BCUT2D eigenvalue weighted by Gasteiger charge is -2.27. The van der Waals surface area contributed by atoms with Gasteiger partial charge in [0.05, 0.1) is 26.1 Å². The van der Waals surface area contributed by atoms with Crippen LogP contribution in [0.4, 0.5) is 10.2 Å². The smallest absolute Gasteiger partial charge is 0.350 e. The lowest BCUT2D eigenvalue weighted by atomic mass is 10.1. The average Bonchev–Trinajstić information content (AvgIpc) is 3.07. The van der Waals surface area contributed by atoms with Gasteiger partial charge in [-0.15, -0.1) is 5.10 Å². The van der Waals surface area contributed by atoms with Crippen molar-refractivity contribution >= 4 is 11.5 Å². The van der Waals surface area contributed by atoms with E-state index in [4.69, 9.17) is 10.5 Å². The van der Waals surface area contributed by atoms with Crippen molar-refractivity contribution in [2.45, 2.75) is 6.54 Å². The second kappa shape index (κ2) is 7.91. The molecule has 9 heteroatoms. The molecule has 3 aromatic heterocycles. The molecule has 0 radical (unpaired) electrons. The van der Waals surface area contributed by atoms with Gasteiger partial charge in [0.25, 0.3) is 0 Å². The first kappa shape index (κ1) is 18.3. The van der Waals surface area contributed by atoms with Gasteiger partial charge in [-0.3, -0.25) is 4.40 Å². The molecule has 0 aliphatic carbocycles. The highest BCUT2D eigenvalue weighted by molar-refractivity contribution is 5.67. The van der Waals surface area contributed by atoms with Gasteiger partial charge < -0.3 is 15.4 Å². The number of hydrogen-bond acceptors (Lipinski definition) is 6. The maximum Gasteiger partial charge on any atom is 0.350 e. The molecule has 1 aliphatic heterocycles. The predicted octanol–water partition coefficient (Wildman–Crippen LogP) is 1.21. The third-order valence-corrected chi connectivity index (χ3v) is 4.77. The Morgan fingerprint density at radius 2 is 2.07 bits per heavy atom. The van der Waals surface area contributed by atoms with Crippen LogP contribution in [0.15, 0.2) is 53.4 Å². The lowest BCUT2D eigenvalue weighted by Crippen LogP contribution is -2.36. The number of pyridine rings is 2. The van der Waals surface area contributed by atoms with Gasteiger partial charge in [0.2, 0.25) is 0 Å². The lowest BCUT2D eigenvalue weighted by molar-refractivity contribution is 0.122. The number of rotatable bonds is 5. The largest absolute Gasteiger partial charge is 0.378 e. The molecule has 0 spiro atoms. The molecule has 0 bridgehead atoms. The third kappa shape index (κ3) is 3.54. The quantitative estimate of drug-likeness (QED) is 0.711. The molecule has 1 fully saturated rings. The fourth-order valence-electron chi connectivity index (χ4n) is 3.17. The molecule has 4 heterocycles. The van der Waals surface area contributed by atoms with Crippen LogP contribution in [0, 0.1) is 0 Å². The molecule has 2 N–H and O–H groups in total. The highest BCUT2D eigenvalue weighted by Gasteiger charge is 2.13. The summed E-state index contributed by atoms with van der Waals surface area (Å²) in [5, 5.41) is 4.29. The number of nitrogens with two attached hydrogens (primary N) is 1. The molecule has 0 unspecified atom stereocenters. The Morgan fingerprint density at radius 3 is 2.75 bits per heavy atom. The van der Waals surface area contributed by atoms with E-state index in [1.165, 1.54) is 9.08 Å². The fraction of sp³-hybridized carbons (Fsp3) is 0.316. The molecule has 4 rings (SSSR count). The first-order valence-electron chi connectivity index (χ1n) is 9.06. The van der Waals surface area contributed by atoms with E-state index < -0.39 is 0 Å². The number of aromatic nitrogens is 4. The van der Waals surface area contributed by atoms with E-state index in [0.29, 0.717) is 30.8 Å². The highest BCUT2D eigenvalue weighted by atomic mass is 19.1. The van der Waals surface area contributed by atoms with Gasteiger partial charge in [0, 0.05) is 37.6 Å². The molecule has 3 aromatic rings. The Bertz CT molecular complexity index is 1050. The van der Waals surface area contributed by atoms with E-state index >= 15 is 0 Å². The van der Waals surface area contributed by atoms with Crippen molar-refractivity contribution in [1.29, 1.82) is 0 Å². The summed E-state index contributed by atoms with van der Waals surface area (Å²) in [6, 6.07) is 7.62. The number of ether oxygens (including phenoxy) is 1. The third-order valence-electron chi connectivity index (χ3n) is 4.77. The van der Waals surface area contributed by atoms with Crippen LogP contribution in [0.5, 0.6) is 0 Å². The summed E-state index contributed by atoms with van der Waals surface area (Å²) < 4.78 is 20.8. The van der Waals surface area contributed by atoms with Gasteiger partial charge in [0.15, 0.2) is 5.65 Å². The summed E-state index contributed by atoms with van der Waals surface area (Å²) in [7, 11) is 0. The summed E-state index contributed by atoms with van der Waals surface area (Å²) in [6.07, 6.45) is 3.89. The number of halogens is 1. The van der Waals surface area contributed by atoms with Gasteiger partial charge in [-0.2, -0.15) is 0 Å². The summed E-state index contributed by atoms with van der Waals surface area (Å²) in [4.78, 5) is 19.2. The average molecular weight is 384 g/mol. The number of nitrogens with zero attached hydrogens (tertiary/aromatic N) is 5. The Morgan fingerprint density at radius 1 is 1.25 bits per heavy atom. The normalized spacial score (nSPS) is 15.4. The van der Waals surface area contributed by atoms with Crippen LogP contribution in [-0.2, 0) is 11.3 Å². The van der Waals surface area contributed by atoms with Crippen molar-refractivity contribution in [2.75, 3.05) is 37.7 Å². The van der Waals surface area contributed by atoms with Crippen LogP contribution >= 0.6 is 0 Å². The molecule has 1 saturated heterocycles. The van der Waals surface area contributed by atoms with Crippen molar-refractivity contribution in [3.8, 4) is 11.1 Å². The van der Waals surface area contributed by atoms with Gasteiger partial charge in [-0.1, -0.05) is 0 Å². The zero-order valence-electron chi connectivity index (χ0n) is 15.3. The zero-order chi connectivity index (χ0) is 19.5. The minimum atomic E-state index is -0.338. The Labute approximate surface area is 160 Å². The molecular formula is C19H21FN6O2. The topological polar surface area (TPSA) is 90.7 Å². The van der Waals surface area contributed by atoms with E-state index in [-0.39, 0.29) is 18.8 Å². The summed E-state index contributed by atoms with van der Waals surface area (Å²) in [5.41, 5.74) is 7.73. The molecule has 0 saturated carbocycles. The molecular weight excluding hydrogens is 363 g/mol. The van der Waals surface area contributed by atoms with Crippen LogP contribution < -0.4 is 16.3 Å². The van der Waals surface area contributed by atoms with Crippen molar-refractivity contribution in [2.24, 2.45) is 5.73 Å². The van der Waals surface area contributed by atoms with E-state index in [0.717, 1.165) is 30.0 Å². The van der Waals surface area contributed by atoms with Crippen LogP contribution in [0.2, 0.25) is 0 Å². The molecule has 28 heavy (non-hydrogen) atoms. The summed E-state index contributed by atoms with van der Waals surface area (Å²) in [5.74, 6) is 0.918. The van der Waals surface area contributed by atoms with E-state index in [1.54, 1.807) is 6.20 Å². The predicted molar refractivity (Wildman–Crippen MR) is 104 cm³/mol. The highest BCUT2D eigenvalue weighted by Crippen LogP contribution is 2.22. The van der Waals surface area contributed by atoms with Crippen LogP contribution in [0.3, 0.4) is 0 Å². The first-order valence-corrected chi connectivity index (χ1v) is 9.06. The van der Waals surface area contributed by atoms with Crippen LogP contribution in [0.1, 0.15) is 0 Å². The Balaban J connectivity index is 1.61. The minimum absolute atomic E-state index is 0.0264. The fourth-order valence-corrected chi connectivity index (χ4v) is 3.17. The summed E-state index contributed by atoms with van der Waals surface area (Å²) in [6.45, 7) is 3.14. The van der Waals surface area contributed by atoms with Gasteiger partial charge in [-0.25, -0.2) is 18.9 Å². The van der Waals surface area contributed by atoms with Gasteiger partial charge >= 0.3 is 5.69 Å². The van der Waals surface area contributed by atoms with E-state index in [9.17, 15) is 9.18 Å². The molecule has 0 amide bonds. The molecule has 146 valence electrons. The molecule has 1 aliphatic rings. The zero-order valence-corrected chi connectivity index (χ0v) is 15.3. The van der Waals surface area contributed by atoms with Crippen molar-refractivity contribution in [3.63, 3.8) is 0 Å². The van der Waals surface area contributed by atoms with Crippen molar-refractivity contribution < 1.29 is 9.13 Å². The van der Waals surface area contributed by atoms with E-state index in [1.807, 2.05) is 30.5 Å². The molecule has 0 atom stereocenters. The van der Waals surface area contributed by atoms with Crippen LogP contribution in [-0.4, -0.2) is 52.0 Å². The van der Waals surface area contributed by atoms with Crippen LogP contribution in [0.25, 0.3) is 16.8 Å². The second-order valence-electron chi connectivity index (χ2n) is 6.56. The van der Waals surface area contributed by atoms with Gasteiger partial charge in [0.1, 0.15) is 5.82 Å². The molecule has 0 aromatic carbocycles. The molecule has 8 nitrogen and oxygen atoms in total. The summed E-state index contributed by atoms with van der Waals surface area (Å²) >= 11 is 0. The first-order chi connectivity index (χ1) is 13.7. The Hall–Kier alpha value is -3.04. The number of fused-ring (bicyclic) bond motifs is 1. The van der Waals surface area contributed by atoms with Crippen molar-refractivity contribution in [1.82, 2.24) is 19.2 Å². The number of hydrogen-bond donors (Lipinski definition) is 1. The maximum absolute atomic E-state index is 12.8. The standard InChI is InChI=1S/C19H21FN6O2/c20-10-14(11-21)13-26-19(27)25-4-3-15(9-18(25)23-26)16-1-2-17(22-12-16)24-5-7-28-8-6-24/h1-4,9-10,12H,5-8,11,13,21H2/b14-10+. The van der Waals surface area contributed by atoms with Crippen molar-refractivity contribution in [3.05, 3.63) is 59.0 Å². The Kier molecular flexibility index (Phi) is 5.18. The number of anilines is 1. The minimum Gasteiger partial charge on any atom is -0.378 e. The maximum atomic E-state index is 12.8. The monoisotopic (exact) mass is 384 g/mol. The SMILES string of the molecule is NC/C(=C\F)Cn1nc2cc(-c3ccc(N4CCOCC4)nc3)ccn2c1=O.